The quantitative estimate of drug-likeness (QED) is 0.620. The molecule has 0 aromatic heterocycles. The minimum atomic E-state index is -0.225. The molecule has 0 rings (SSSR count). The molecule has 2 atom stereocenters. The molecule has 0 heterocycles. The zero-order valence-electron chi connectivity index (χ0n) is 8.88. The Morgan fingerprint density at radius 1 is 1.25 bits per heavy atom. The van der Waals surface area contributed by atoms with Crippen LogP contribution in [0.1, 0.15) is 40.0 Å². The van der Waals surface area contributed by atoms with Crippen molar-refractivity contribution in [2.45, 2.75) is 52.2 Å². The molecule has 0 fully saturated rings. The van der Waals surface area contributed by atoms with Gasteiger partial charge in [-0.1, -0.05) is 19.8 Å². The molecule has 0 aliphatic rings. The van der Waals surface area contributed by atoms with Crippen molar-refractivity contribution in [2.75, 3.05) is 13.6 Å². The zero-order chi connectivity index (χ0) is 9.56. The average molecular weight is 173 g/mol. The maximum atomic E-state index is 9.31. The number of hydrogen-bond donors (Lipinski definition) is 1. The maximum Gasteiger partial charge on any atom is 0.0664 e. The van der Waals surface area contributed by atoms with Crippen molar-refractivity contribution in [2.24, 2.45) is 0 Å². The summed E-state index contributed by atoms with van der Waals surface area (Å²) in [5.41, 5.74) is 0. The molecule has 0 aromatic rings. The maximum absolute atomic E-state index is 9.31. The molecule has 1 N–H and O–H groups in total. The van der Waals surface area contributed by atoms with E-state index in [-0.39, 0.29) is 12.1 Å². The molecular weight excluding hydrogens is 150 g/mol. The third kappa shape index (κ3) is 4.73. The predicted molar refractivity (Wildman–Crippen MR) is 53.3 cm³/mol. The molecule has 0 bridgehead atoms. The fourth-order valence-corrected chi connectivity index (χ4v) is 1.18. The van der Waals surface area contributed by atoms with Gasteiger partial charge >= 0.3 is 0 Å². The van der Waals surface area contributed by atoms with Crippen LogP contribution in [0.25, 0.3) is 0 Å². The van der Waals surface area contributed by atoms with Crippen LogP contribution in [0.5, 0.6) is 0 Å². The lowest BCUT2D eigenvalue weighted by Gasteiger charge is -2.26. The fourth-order valence-electron chi connectivity index (χ4n) is 1.18. The van der Waals surface area contributed by atoms with Gasteiger partial charge in [-0.05, 0) is 33.9 Å². The standard InChI is InChI=1S/C10H23NO/c1-5-6-7-8-11(4)9(2)10(3)12/h9-10,12H,5-8H2,1-4H3. The highest BCUT2D eigenvalue weighted by molar-refractivity contribution is 4.68. The summed E-state index contributed by atoms with van der Waals surface area (Å²) in [6, 6.07) is 0.279. The number of nitrogens with zero attached hydrogens (tertiary/aromatic N) is 1. The summed E-state index contributed by atoms with van der Waals surface area (Å²) in [6.45, 7) is 7.22. The highest BCUT2D eigenvalue weighted by Gasteiger charge is 2.13. The third-order valence-corrected chi connectivity index (χ3v) is 2.51. The summed E-state index contributed by atoms with van der Waals surface area (Å²) in [5, 5.41) is 9.31. The smallest absolute Gasteiger partial charge is 0.0664 e. The summed E-state index contributed by atoms with van der Waals surface area (Å²) in [6.07, 6.45) is 3.56. The largest absolute Gasteiger partial charge is 0.392 e. The van der Waals surface area contributed by atoms with E-state index < -0.39 is 0 Å². The first-order valence-corrected chi connectivity index (χ1v) is 4.97. The summed E-state index contributed by atoms with van der Waals surface area (Å²) >= 11 is 0. The van der Waals surface area contributed by atoms with Crippen molar-refractivity contribution < 1.29 is 5.11 Å². The second-order valence-corrected chi connectivity index (χ2v) is 3.67. The van der Waals surface area contributed by atoms with Crippen LogP contribution in [0.15, 0.2) is 0 Å². The Labute approximate surface area is 76.6 Å². The van der Waals surface area contributed by atoms with Crippen LogP contribution in [0.4, 0.5) is 0 Å². The van der Waals surface area contributed by atoms with Gasteiger partial charge in [0.1, 0.15) is 0 Å². The Bertz CT molecular complexity index is 104. The molecule has 2 unspecified atom stereocenters. The van der Waals surface area contributed by atoms with Gasteiger partial charge in [0, 0.05) is 6.04 Å². The molecular formula is C10H23NO. The first kappa shape index (κ1) is 11.9. The number of hydrogen-bond acceptors (Lipinski definition) is 2. The van der Waals surface area contributed by atoms with Crippen molar-refractivity contribution in [3.63, 3.8) is 0 Å². The zero-order valence-corrected chi connectivity index (χ0v) is 8.88. The number of aliphatic hydroxyl groups excluding tert-OH is 1. The number of likely N-dealkylation sites (N-methyl/N-ethyl adjacent to an activating group) is 1. The summed E-state index contributed by atoms with van der Waals surface area (Å²) in [4.78, 5) is 2.22. The highest BCUT2D eigenvalue weighted by Crippen LogP contribution is 2.04. The van der Waals surface area contributed by atoms with Gasteiger partial charge in [-0.2, -0.15) is 0 Å². The number of aliphatic hydroxyl groups is 1. The van der Waals surface area contributed by atoms with Crippen molar-refractivity contribution >= 4 is 0 Å². The van der Waals surface area contributed by atoms with E-state index in [9.17, 15) is 5.11 Å². The van der Waals surface area contributed by atoms with E-state index in [1.165, 1.54) is 19.3 Å². The lowest BCUT2D eigenvalue weighted by molar-refractivity contribution is 0.0857. The lowest BCUT2D eigenvalue weighted by Crippen LogP contribution is -2.37. The topological polar surface area (TPSA) is 23.5 Å². The summed E-state index contributed by atoms with van der Waals surface area (Å²) in [7, 11) is 2.08. The fraction of sp³-hybridized carbons (Fsp3) is 1.00. The van der Waals surface area contributed by atoms with Crippen LogP contribution in [0, 0.1) is 0 Å². The number of unbranched alkanes of at least 4 members (excludes halogenated alkanes) is 2. The van der Waals surface area contributed by atoms with E-state index in [0.717, 1.165) is 6.54 Å². The first-order valence-electron chi connectivity index (χ1n) is 4.97. The van der Waals surface area contributed by atoms with Gasteiger partial charge in [-0.25, -0.2) is 0 Å². The van der Waals surface area contributed by atoms with Crippen molar-refractivity contribution in [1.82, 2.24) is 4.90 Å². The van der Waals surface area contributed by atoms with Crippen LogP contribution in [0.2, 0.25) is 0 Å². The summed E-state index contributed by atoms with van der Waals surface area (Å²) in [5.74, 6) is 0. The molecule has 2 heteroatoms. The molecule has 2 nitrogen and oxygen atoms in total. The predicted octanol–water partition coefficient (Wildman–Crippen LogP) is 1.88. The van der Waals surface area contributed by atoms with Crippen LogP contribution < -0.4 is 0 Å². The van der Waals surface area contributed by atoms with E-state index in [1.807, 2.05) is 6.92 Å². The van der Waals surface area contributed by atoms with E-state index in [4.69, 9.17) is 0 Å². The van der Waals surface area contributed by atoms with Gasteiger partial charge in [0.25, 0.3) is 0 Å². The lowest BCUT2D eigenvalue weighted by atomic mass is 10.1. The Morgan fingerprint density at radius 2 is 1.83 bits per heavy atom. The van der Waals surface area contributed by atoms with E-state index in [2.05, 4.69) is 25.8 Å². The van der Waals surface area contributed by atoms with Gasteiger partial charge < -0.3 is 10.0 Å². The second kappa shape index (κ2) is 6.44. The molecule has 0 aliphatic heterocycles. The highest BCUT2D eigenvalue weighted by atomic mass is 16.3. The molecule has 0 aromatic carbocycles. The van der Waals surface area contributed by atoms with Gasteiger partial charge in [0.2, 0.25) is 0 Å². The third-order valence-electron chi connectivity index (χ3n) is 2.51. The van der Waals surface area contributed by atoms with Crippen LogP contribution in [-0.4, -0.2) is 35.7 Å². The molecule has 0 amide bonds. The first-order chi connectivity index (χ1) is 5.59. The van der Waals surface area contributed by atoms with E-state index in [0.29, 0.717) is 0 Å². The Balaban J connectivity index is 3.49. The summed E-state index contributed by atoms with van der Waals surface area (Å²) < 4.78 is 0. The van der Waals surface area contributed by atoms with Crippen molar-refractivity contribution in [1.29, 1.82) is 0 Å². The normalized spacial score (nSPS) is 16.5. The van der Waals surface area contributed by atoms with Crippen molar-refractivity contribution in [3.05, 3.63) is 0 Å². The van der Waals surface area contributed by atoms with Gasteiger partial charge in [0.15, 0.2) is 0 Å². The Hall–Kier alpha value is -0.0800. The molecule has 0 saturated carbocycles. The van der Waals surface area contributed by atoms with E-state index >= 15 is 0 Å². The minimum Gasteiger partial charge on any atom is -0.392 e. The van der Waals surface area contributed by atoms with Crippen LogP contribution in [0.3, 0.4) is 0 Å². The Morgan fingerprint density at radius 3 is 2.25 bits per heavy atom. The van der Waals surface area contributed by atoms with Gasteiger partial charge in [-0.15, -0.1) is 0 Å². The SMILES string of the molecule is CCCCCN(C)C(C)C(C)O. The Kier molecular flexibility index (Phi) is 6.39. The molecule has 0 saturated heterocycles. The van der Waals surface area contributed by atoms with Gasteiger partial charge in [-0.3, -0.25) is 0 Å². The molecule has 0 radical (unpaired) electrons. The van der Waals surface area contributed by atoms with Crippen LogP contribution >= 0.6 is 0 Å². The van der Waals surface area contributed by atoms with E-state index in [1.54, 1.807) is 0 Å². The molecule has 0 aliphatic carbocycles. The second-order valence-electron chi connectivity index (χ2n) is 3.67. The minimum absolute atomic E-state index is 0.225. The number of rotatable bonds is 6. The molecule has 74 valence electrons. The van der Waals surface area contributed by atoms with Crippen LogP contribution in [-0.2, 0) is 0 Å². The van der Waals surface area contributed by atoms with Gasteiger partial charge in [0.05, 0.1) is 6.10 Å². The molecule has 0 spiro atoms. The average Bonchev–Trinajstić information content (AvgIpc) is 2.03. The molecule has 12 heavy (non-hydrogen) atoms. The van der Waals surface area contributed by atoms with Crippen molar-refractivity contribution in [3.8, 4) is 0 Å². The monoisotopic (exact) mass is 173 g/mol.